The topological polar surface area (TPSA) is 51.7 Å². The van der Waals surface area contributed by atoms with Crippen LogP contribution in [0.1, 0.15) is 19.8 Å². The number of carbonyl (C=O) groups excluding carboxylic acids is 1. The molecule has 1 N–H and O–H groups in total. The van der Waals surface area contributed by atoms with Crippen molar-refractivity contribution in [2.75, 3.05) is 64.3 Å². The molecular weight excluding hydrogens is 326 g/mol. The zero-order chi connectivity index (χ0) is 18.4. The van der Waals surface area contributed by atoms with E-state index in [1.165, 1.54) is 6.42 Å². The van der Waals surface area contributed by atoms with Gasteiger partial charge < -0.3 is 15.1 Å². The summed E-state index contributed by atoms with van der Waals surface area (Å²) in [6.45, 7) is 9.98. The molecular formula is C20H33N5O. The molecule has 0 radical (unpaired) electrons. The first-order chi connectivity index (χ1) is 12.7. The summed E-state index contributed by atoms with van der Waals surface area (Å²) in [5.41, 5.74) is 0. The van der Waals surface area contributed by atoms with Crippen molar-refractivity contribution in [1.82, 2.24) is 20.1 Å². The maximum atomic E-state index is 12.6. The number of nitrogens with zero attached hydrogens (tertiary/aromatic N) is 4. The monoisotopic (exact) mass is 359 g/mol. The second kappa shape index (κ2) is 9.33. The molecule has 144 valence electrons. The van der Waals surface area contributed by atoms with Gasteiger partial charge in [0.1, 0.15) is 5.82 Å². The van der Waals surface area contributed by atoms with Crippen LogP contribution in [0.25, 0.3) is 0 Å². The molecule has 3 heterocycles. The Bertz CT molecular complexity index is 559. The first kappa shape index (κ1) is 19.1. The molecule has 1 aromatic rings. The lowest BCUT2D eigenvalue weighted by Crippen LogP contribution is -2.51. The number of carbonyl (C=O) groups is 1. The maximum absolute atomic E-state index is 12.6. The summed E-state index contributed by atoms with van der Waals surface area (Å²) in [5, 5.41) is 3.12. The number of aromatic nitrogens is 1. The molecule has 26 heavy (non-hydrogen) atoms. The molecule has 0 bridgehead atoms. The summed E-state index contributed by atoms with van der Waals surface area (Å²) in [6.07, 6.45) is 4.24. The zero-order valence-electron chi connectivity index (χ0n) is 16.2. The van der Waals surface area contributed by atoms with Crippen molar-refractivity contribution in [2.24, 2.45) is 11.8 Å². The molecule has 0 aliphatic carbocycles. The highest BCUT2D eigenvalue weighted by Crippen LogP contribution is 2.21. The van der Waals surface area contributed by atoms with Crippen molar-refractivity contribution >= 4 is 11.7 Å². The Morgan fingerprint density at radius 2 is 2.08 bits per heavy atom. The lowest BCUT2D eigenvalue weighted by molar-refractivity contribution is -0.136. The van der Waals surface area contributed by atoms with Crippen molar-refractivity contribution in [3.8, 4) is 0 Å². The van der Waals surface area contributed by atoms with Crippen LogP contribution in [0.2, 0.25) is 0 Å². The Balaban J connectivity index is 1.45. The fourth-order valence-electron chi connectivity index (χ4n) is 4.18. The van der Waals surface area contributed by atoms with Crippen molar-refractivity contribution in [3.05, 3.63) is 24.4 Å². The molecule has 6 heteroatoms. The summed E-state index contributed by atoms with van der Waals surface area (Å²) in [6, 6.07) is 6.11. The fraction of sp³-hybridized carbons (Fsp3) is 0.700. The highest BCUT2D eigenvalue weighted by molar-refractivity contribution is 5.78. The minimum absolute atomic E-state index is 0.0701. The smallest absolute Gasteiger partial charge is 0.226 e. The van der Waals surface area contributed by atoms with Gasteiger partial charge in [-0.1, -0.05) is 13.0 Å². The van der Waals surface area contributed by atoms with E-state index in [1.54, 1.807) is 0 Å². The second-order valence-corrected chi connectivity index (χ2v) is 7.73. The SMILES string of the molecule is CNCC(C)C(=O)N1CCCC(CN2CCN(c3ccccn3)CC2)C1. The molecule has 2 fully saturated rings. The van der Waals surface area contributed by atoms with E-state index in [9.17, 15) is 4.79 Å². The van der Waals surface area contributed by atoms with Crippen LogP contribution in [0.5, 0.6) is 0 Å². The van der Waals surface area contributed by atoms with E-state index in [4.69, 9.17) is 0 Å². The van der Waals surface area contributed by atoms with E-state index in [0.29, 0.717) is 11.8 Å². The average Bonchev–Trinajstić information content (AvgIpc) is 2.69. The summed E-state index contributed by atoms with van der Waals surface area (Å²) in [4.78, 5) is 24.1. The predicted octanol–water partition coefficient (Wildman–Crippen LogP) is 1.30. The Morgan fingerprint density at radius 3 is 2.77 bits per heavy atom. The molecule has 2 aliphatic rings. The van der Waals surface area contributed by atoms with E-state index in [-0.39, 0.29) is 5.92 Å². The summed E-state index contributed by atoms with van der Waals surface area (Å²) < 4.78 is 0. The van der Waals surface area contributed by atoms with Gasteiger partial charge in [0.05, 0.1) is 0 Å². The molecule has 2 atom stereocenters. The zero-order valence-corrected chi connectivity index (χ0v) is 16.2. The number of nitrogens with one attached hydrogen (secondary N) is 1. The maximum Gasteiger partial charge on any atom is 0.226 e. The molecule has 2 saturated heterocycles. The van der Waals surface area contributed by atoms with Crippen molar-refractivity contribution in [3.63, 3.8) is 0 Å². The number of piperazine rings is 1. The van der Waals surface area contributed by atoms with Gasteiger partial charge >= 0.3 is 0 Å². The van der Waals surface area contributed by atoms with Crippen molar-refractivity contribution < 1.29 is 4.79 Å². The quantitative estimate of drug-likeness (QED) is 0.830. The Morgan fingerprint density at radius 1 is 1.27 bits per heavy atom. The van der Waals surface area contributed by atoms with Crippen molar-refractivity contribution in [2.45, 2.75) is 19.8 Å². The normalized spacial score (nSPS) is 23.1. The summed E-state index contributed by atoms with van der Waals surface area (Å²) in [7, 11) is 1.91. The average molecular weight is 360 g/mol. The van der Waals surface area contributed by atoms with Crippen LogP contribution in [0.4, 0.5) is 5.82 Å². The standard InChI is InChI=1S/C20H33N5O/c1-17(14-21-2)20(26)25-9-5-6-18(16-25)15-23-10-12-24(13-11-23)19-7-3-4-8-22-19/h3-4,7-8,17-18,21H,5-6,9-16H2,1-2H3. The molecule has 3 rings (SSSR count). The number of pyridine rings is 1. The predicted molar refractivity (Wildman–Crippen MR) is 105 cm³/mol. The highest BCUT2D eigenvalue weighted by atomic mass is 16.2. The van der Waals surface area contributed by atoms with Crippen LogP contribution in [-0.4, -0.2) is 80.1 Å². The molecule has 0 saturated carbocycles. The third-order valence-electron chi connectivity index (χ3n) is 5.62. The fourth-order valence-corrected chi connectivity index (χ4v) is 4.18. The molecule has 1 aromatic heterocycles. The number of rotatable bonds is 6. The van der Waals surface area contributed by atoms with Gasteiger partial charge in [-0.25, -0.2) is 4.98 Å². The van der Waals surface area contributed by atoms with Gasteiger partial charge in [0, 0.05) is 64.5 Å². The van der Waals surface area contributed by atoms with Crippen LogP contribution >= 0.6 is 0 Å². The van der Waals surface area contributed by atoms with E-state index in [2.05, 4.69) is 37.1 Å². The van der Waals surface area contributed by atoms with Crippen LogP contribution in [0.3, 0.4) is 0 Å². The Labute approximate surface area is 157 Å². The van der Waals surface area contributed by atoms with E-state index in [1.807, 2.05) is 26.2 Å². The molecule has 2 unspecified atom stereocenters. The first-order valence-electron chi connectivity index (χ1n) is 9.99. The van der Waals surface area contributed by atoms with Crippen LogP contribution in [-0.2, 0) is 4.79 Å². The number of amides is 1. The number of piperidine rings is 1. The van der Waals surface area contributed by atoms with Gasteiger partial charge in [-0.05, 0) is 37.9 Å². The lowest BCUT2D eigenvalue weighted by atomic mass is 9.96. The second-order valence-electron chi connectivity index (χ2n) is 7.73. The third kappa shape index (κ3) is 4.95. The number of likely N-dealkylation sites (tertiary alicyclic amines) is 1. The third-order valence-corrected chi connectivity index (χ3v) is 5.62. The molecule has 6 nitrogen and oxygen atoms in total. The minimum Gasteiger partial charge on any atom is -0.354 e. The van der Waals surface area contributed by atoms with Gasteiger partial charge in [-0.15, -0.1) is 0 Å². The van der Waals surface area contributed by atoms with Gasteiger partial charge in [0.15, 0.2) is 0 Å². The van der Waals surface area contributed by atoms with Gasteiger partial charge in [-0.2, -0.15) is 0 Å². The van der Waals surface area contributed by atoms with E-state index < -0.39 is 0 Å². The Kier molecular flexibility index (Phi) is 6.86. The van der Waals surface area contributed by atoms with E-state index in [0.717, 1.165) is 64.6 Å². The number of hydrogen-bond donors (Lipinski definition) is 1. The minimum atomic E-state index is 0.0701. The highest BCUT2D eigenvalue weighted by Gasteiger charge is 2.28. The number of hydrogen-bond acceptors (Lipinski definition) is 5. The van der Waals surface area contributed by atoms with E-state index >= 15 is 0 Å². The van der Waals surface area contributed by atoms with Crippen LogP contribution in [0, 0.1) is 11.8 Å². The Hall–Kier alpha value is -1.66. The summed E-state index contributed by atoms with van der Waals surface area (Å²) >= 11 is 0. The molecule has 0 spiro atoms. The van der Waals surface area contributed by atoms with Gasteiger partial charge in [0.25, 0.3) is 0 Å². The molecule has 0 aromatic carbocycles. The first-order valence-corrected chi connectivity index (χ1v) is 9.99. The van der Waals surface area contributed by atoms with Crippen LogP contribution in [0.15, 0.2) is 24.4 Å². The number of anilines is 1. The molecule has 2 aliphatic heterocycles. The van der Waals surface area contributed by atoms with Crippen LogP contribution < -0.4 is 10.2 Å². The molecule has 1 amide bonds. The largest absolute Gasteiger partial charge is 0.354 e. The summed E-state index contributed by atoms with van der Waals surface area (Å²) in [5.74, 6) is 2.07. The van der Waals surface area contributed by atoms with Gasteiger partial charge in [0.2, 0.25) is 5.91 Å². The lowest BCUT2D eigenvalue weighted by Gasteiger charge is -2.40. The van der Waals surface area contributed by atoms with Crippen molar-refractivity contribution in [1.29, 1.82) is 0 Å². The van der Waals surface area contributed by atoms with Gasteiger partial charge in [-0.3, -0.25) is 9.69 Å².